The Balaban J connectivity index is 2.15. The van der Waals surface area contributed by atoms with Crippen molar-refractivity contribution < 1.29 is 4.79 Å². The van der Waals surface area contributed by atoms with Crippen LogP contribution in [0.5, 0.6) is 0 Å². The molecule has 0 unspecified atom stereocenters. The highest BCUT2D eigenvalue weighted by molar-refractivity contribution is 5.76. The van der Waals surface area contributed by atoms with Crippen LogP contribution in [0.15, 0.2) is 41.5 Å². The lowest BCUT2D eigenvalue weighted by Gasteiger charge is -2.09. The molecule has 2 rings (SSSR count). The van der Waals surface area contributed by atoms with E-state index >= 15 is 0 Å². The molecule has 0 spiro atoms. The van der Waals surface area contributed by atoms with Gasteiger partial charge in [-0.1, -0.05) is 68.6 Å². The summed E-state index contributed by atoms with van der Waals surface area (Å²) < 4.78 is 0. The molecule has 0 atom stereocenters. The lowest BCUT2D eigenvalue weighted by Crippen LogP contribution is -1.96. The SMILES string of the molecule is O=C/C1=C(\C#Cc2ccccc2)CCCCCCCCCC1. The monoisotopic (exact) mass is 294 g/mol. The molecule has 0 saturated carbocycles. The van der Waals surface area contributed by atoms with E-state index in [0.717, 1.165) is 48.7 Å². The van der Waals surface area contributed by atoms with Crippen LogP contribution in [0.3, 0.4) is 0 Å². The lowest BCUT2D eigenvalue weighted by molar-refractivity contribution is -0.105. The number of allylic oxidation sites excluding steroid dienone is 2. The van der Waals surface area contributed by atoms with E-state index in [2.05, 4.69) is 11.8 Å². The molecule has 116 valence electrons. The molecule has 0 amide bonds. The molecule has 22 heavy (non-hydrogen) atoms. The maximum absolute atomic E-state index is 11.5. The van der Waals surface area contributed by atoms with Crippen molar-refractivity contribution in [1.82, 2.24) is 0 Å². The van der Waals surface area contributed by atoms with Crippen molar-refractivity contribution in [1.29, 1.82) is 0 Å². The molecule has 1 heteroatoms. The standard InChI is InChI=1S/C21H26O/c22-18-21-15-11-6-4-2-1-3-5-10-14-20(21)17-16-19-12-8-7-9-13-19/h7-9,12-13,18H,1-6,10-11,14-15H2/b21-20-. The van der Waals surface area contributed by atoms with Crippen LogP contribution in [0.4, 0.5) is 0 Å². The molecule has 1 aromatic carbocycles. The Morgan fingerprint density at radius 3 is 1.95 bits per heavy atom. The number of benzene rings is 1. The molecule has 0 radical (unpaired) electrons. The minimum absolute atomic E-state index is 0.891. The van der Waals surface area contributed by atoms with E-state index in [-0.39, 0.29) is 0 Å². The summed E-state index contributed by atoms with van der Waals surface area (Å²) in [5.74, 6) is 6.51. The first-order valence-corrected chi connectivity index (χ1v) is 8.64. The van der Waals surface area contributed by atoms with E-state index in [1.54, 1.807) is 0 Å². The lowest BCUT2D eigenvalue weighted by atomic mass is 9.95. The predicted molar refractivity (Wildman–Crippen MR) is 92.6 cm³/mol. The maximum atomic E-state index is 11.5. The van der Waals surface area contributed by atoms with Gasteiger partial charge in [-0.15, -0.1) is 0 Å². The molecule has 0 heterocycles. The van der Waals surface area contributed by atoms with Crippen molar-refractivity contribution in [3.8, 4) is 11.8 Å². The first kappa shape index (κ1) is 16.6. The van der Waals surface area contributed by atoms with E-state index in [9.17, 15) is 4.79 Å². The summed E-state index contributed by atoms with van der Waals surface area (Å²) in [5, 5.41) is 0. The van der Waals surface area contributed by atoms with Gasteiger partial charge in [0.15, 0.2) is 0 Å². The zero-order valence-electron chi connectivity index (χ0n) is 13.4. The predicted octanol–water partition coefficient (Wildman–Crippen LogP) is 5.45. The molecule has 1 aromatic rings. The maximum Gasteiger partial charge on any atom is 0.146 e. The van der Waals surface area contributed by atoms with Gasteiger partial charge in [-0.2, -0.15) is 0 Å². The molecule has 0 saturated heterocycles. The van der Waals surface area contributed by atoms with Gasteiger partial charge in [0.05, 0.1) is 0 Å². The Morgan fingerprint density at radius 2 is 1.32 bits per heavy atom. The second-order valence-electron chi connectivity index (χ2n) is 6.07. The van der Waals surface area contributed by atoms with Crippen LogP contribution in [-0.4, -0.2) is 6.29 Å². The van der Waals surface area contributed by atoms with Gasteiger partial charge in [-0.05, 0) is 37.8 Å². The minimum Gasteiger partial charge on any atom is -0.298 e. The molecule has 0 fully saturated rings. The van der Waals surface area contributed by atoms with Crippen molar-refractivity contribution in [3.63, 3.8) is 0 Å². The molecule has 1 aliphatic carbocycles. The molecule has 1 nitrogen and oxygen atoms in total. The van der Waals surface area contributed by atoms with Crippen LogP contribution in [0.1, 0.15) is 69.8 Å². The number of aldehydes is 1. The summed E-state index contributed by atoms with van der Waals surface area (Å²) in [5.41, 5.74) is 3.02. The highest BCUT2D eigenvalue weighted by Crippen LogP contribution is 2.20. The Kier molecular flexibility index (Phi) is 7.53. The van der Waals surface area contributed by atoms with Crippen LogP contribution < -0.4 is 0 Å². The van der Waals surface area contributed by atoms with Gasteiger partial charge in [0.25, 0.3) is 0 Å². The van der Waals surface area contributed by atoms with Crippen LogP contribution in [0.2, 0.25) is 0 Å². The highest BCUT2D eigenvalue weighted by Gasteiger charge is 2.06. The van der Waals surface area contributed by atoms with Crippen LogP contribution in [0, 0.1) is 11.8 Å². The van der Waals surface area contributed by atoms with Gasteiger partial charge < -0.3 is 0 Å². The van der Waals surface area contributed by atoms with Gasteiger partial charge >= 0.3 is 0 Å². The fourth-order valence-electron chi connectivity index (χ4n) is 2.93. The summed E-state index contributed by atoms with van der Waals surface area (Å²) in [6.07, 6.45) is 13.0. The molecule has 0 aliphatic heterocycles. The Bertz CT molecular complexity index is 542. The highest BCUT2D eigenvalue weighted by atomic mass is 16.1. The third-order valence-corrected chi connectivity index (χ3v) is 4.28. The zero-order chi connectivity index (χ0) is 15.5. The summed E-state index contributed by atoms with van der Waals surface area (Å²) in [7, 11) is 0. The number of carbonyl (C=O) groups excluding carboxylic acids is 1. The fourth-order valence-corrected chi connectivity index (χ4v) is 2.93. The van der Waals surface area contributed by atoms with Gasteiger partial charge in [-0.3, -0.25) is 4.79 Å². The average molecular weight is 294 g/mol. The number of hydrogen-bond donors (Lipinski definition) is 0. The molecule has 0 bridgehead atoms. The van der Waals surface area contributed by atoms with E-state index < -0.39 is 0 Å². The van der Waals surface area contributed by atoms with Gasteiger partial charge in [-0.25, -0.2) is 0 Å². The quantitative estimate of drug-likeness (QED) is 0.497. The normalized spacial score (nSPS) is 20.9. The molecular formula is C21H26O. The Hall–Kier alpha value is -1.81. The molecule has 1 aliphatic rings. The van der Waals surface area contributed by atoms with Gasteiger partial charge in [0.2, 0.25) is 0 Å². The third kappa shape index (κ3) is 5.90. The summed E-state index contributed by atoms with van der Waals surface area (Å²) >= 11 is 0. The zero-order valence-corrected chi connectivity index (χ0v) is 13.4. The van der Waals surface area contributed by atoms with E-state index in [1.807, 2.05) is 30.3 Å². The van der Waals surface area contributed by atoms with Crippen molar-refractivity contribution >= 4 is 6.29 Å². The molecule has 0 aromatic heterocycles. The average Bonchev–Trinajstić information content (AvgIpc) is 2.55. The first-order valence-electron chi connectivity index (χ1n) is 8.64. The third-order valence-electron chi connectivity index (χ3n) is 4.28. The number of hydrogen-bond acceptors (Lipinski definition) is 1. The van der Waals surface area contributed by atoms with Gasteiger partial charge in [0.1, 0.15) is 6.29 Å². The smallest absolute Gasteiger partial charge is 0.146 e. The summed E-state index contributed by atoms with van der Waals surface area (Å²) in [4.78, 5) is 11.5. The van der Waals surface area contributed by atoms with E-state index in [4.69, 9.17) is 0 Å². The Labute approximate surface area is 134 Å². The van der Waals surface area contributed by atoms with Crippen LogP contribution in [-0.2, 0) is 4.79 Å². The fraction of sp³-hybridized carbons (Fsp3) is 0.476. The first-order chi connectivity index (χ1) is 10.9. The number of rotatable bonds is 1. The topological polar surface area (TPSA) is 17.1 Å². The van der Waals surface area contributed by atoms with Crippen molar-refractivity contribution in [3.05, 3.63) is 47.0 Å². The summed E-state index contributed by atoms with van der Waals surface area (Å²) in [6.45, 7) is 0. The number of carbonyl (C=O) groups is 1. The van der Waals surface area contributed by atoms with Crippen molar-refractivity contribution in [2.45, 2.75) is 64.2 Å². The molecule has 0 N–H and O–H groups in total. The summed E-state index contributed by atoms with van der Waals surface area (Å²) in [6, 6.07) is 10.0. The Morgan fingerprint density at radius 1 is 0.727 bits per heavy atom. The van der Waals surface area contributed by atoms with Crippen LogP contribution >= 0.6 is 0 Å². The minimum atomic E-state index is 0.891. The largest absolute Gasteiger partial charge is 0.298 e. The van der Waals surface area contributed by atoms with Crippen LogP contribution in [0.25, 0.3) is 0 Å². The van der Waals surface area contributed by atoms with E-state index in [1.165, 1.54) is 38.5 Å². The van der Waals surface area contributed by atoms with E-state index in [0.29, 0.717) is 0 Å². The second kappa shape index (κ2) is 10.0. The van der Waals surface area contributed by atoms with Gasteiger partial charge in [0, 0.05) is 16.7 Å². The van der Waals surface area contributed by atoms with Crippen molar-refractivity contribution in [2.75, 3.05) is 0 Å². The molecular weight excluding hydrogens is 268 g/mol. The second-order valence-corrected chi connectivity index (χ2v) is 6.07. The van der Waals surface area contributed by atoms with Crippen molar-refractivity contribution in [2.24, 2.45) is 0 Å².